The number of allylic oxidation sites excluding steroid dienone is 3. The number of hydrogen-bond acceptors (Lipinski definition) is 5. The van der Waals surface area contributed by atoms with Gasteiger partial charge in [0, 0.05) is 33.9 Å². The lowest BCUT2D eigenvalue weighted by Crippen LogP contribution is -2.67. The molecule has 9 atom stereocenters. The molecule has 3 spiro atoms. The lowest BCUT2D eigenvalue weighted by atomic mass is 9.57. The second-order valence-electron chi connectivity index (χ2n) is 13.2. The van der Waals surface area contributed by atoms with Crippen molar-refractivity contribution in [2.45, 2.75) is 81.8 Å². The molecule has 2 saturated carbocycles. The minimum atomic E-state index is -0.727. The molecule has 3 unspecified atom stereocenters. The van der Waals surface area contributed by atoms with Crippen molar-refractivity contribution in [3.05, 3.63) is 47.2 Å². The van der Waals surface area contributed by atoms with E-state index in [2.05, 4.69) is 59.3 Å². The monoisotopic (exact) mass is 487 g/mol. The van der Waals surface area contributed by atoms with Crippen molar-refractivity contribution in [1.82, 2.24) is 15.1 Å². The molecule has 2 aliphatic heterocycles. The van der Waals surface area contributed by atoms with Crippen molar-refractivity contribution < 1.29 is 14.9 Å². The Kier molecular flexibility index (Phi) is 3.99. The molecule has 6 aliphatic rings. The zero-order valence-electron chi connectivity index (χ0n) is 21.7. The Labute approximate surface area is 212 Å². The maximum absolute atomic E-state index is 11.5. The van der Waals surface area contributed by atoms with Crippen molar-refractivity contribution in [2.24, 2.45) is 22.7 Å². The molecule has 8 rings (SSSR count). The number of fused-ring (bicyclic) bond motifs is 3. The molecule has 3 heterocycles. The summed E-state index contributed by atoms with van der Waals surface area (Å²) in [6.45, 7) is 4.52. The first-order chi connectivity index (χ1) is 17.2. The van der Waals surface area contributed by atoms with Crippen LogP contribution in [0.4, 0.5) is 0 Å². The van der Waals surface area contributed by atoms with Gasteiger partial charge in [-0.2, -0.15) is 5.10 Å². The predicted molar refractivity (Wildman–Crippen MR) is 138 cm³/mol. The third-order valence-corrected chi connectivity index (χ3v) is 11.7. The summed E-state index contributed by atoms with van der Waals surface area (Å²) in [5.74, 6) is 0.745. The number of benzene rings is 1. The van der Waals surface area contributed by atoms with Gasteiger partial charge in [-0.3, -0.25) is 5.10 Å². The predicted octanol–water partition coefficient (Wildman–Crippen LogP) is 3.97. The Bertz CT molecular complexity index is 1380. The van der Waals surface area contributed by atoms with Crippen LogP contribution >= 0.6 is 0 Å². The molecule has 2 bridgehead atoms. The van der Waals surface area contributed by atoms with Crippen LogP contribution in [-0.4, -0.2) is 68.9 Å². The van der Waals surface area contributed by atoms with Gasteiger partial charge in [0.1, 0.15) is 0 Å². The fraction of sp³-hybridized carbons (Fsp3) is 0.633. The second-order valence-corrected chi connectivity index (χ2v) is 13.2. The van der Waals surface area contributed by atoms with Crippen molar-refractivity contribution in [2.75, 3.05) is 14.1 Å². The number of ether oxygens (including phenoxy) is 1. The largest absolute Gasteiger partial charge is 0.390 e. The number of rotatable bonds is 2. The molecule has 190 valence electrons. The SMILES string of the molecule is Cc1[nH]nc2cc(C3=CCC4[C@]3(C)CC=C3C5CC56[C@@H](O)[C@H](O)[C@@H](N(C)C)C[C@]65CC[C@@]34O5)ccc12. The van der Waals surface area contributed by atoms with Crippen molar-refractivity contribution >= 4 is 16.5 Å². The van der Waals surface area contributed by atoms with Crippen LogP contribution in [0.2, 0.25) is 0 Å². The standard InChI is InChI=1S/C30H37N3O3/c1-16-18-6-5-17(13-22(18)32-31-16)19-7-8-24-27(19,2)10-9-20-21-14-29(21)26(35)25(34)23(33(3)4)15-28(29)11-12-30(20,24)36-28/h5-7,9,13,21,23-26,34-35H,8,10-12,14-15H2,1-4H3,(H,31,32)/t21?,23-,24?,25+,26-,27+,28+,29?,30+/m0/s1. The molecule has 4 fully saturated rings. The highest BCUT2D eigenvalue weighted by molar-refractivity contribution is 5.86. The molecule has 3 N–H and O–H groups in total. The van der Waals surface area contributed by atoms with Gasteiger partial charge in [-0.05, 0) is 88.2 Å². The number of hydrogen-bond donors (Lipinski definition) is 3. The number of nitrogens with one attached hydrogen (secondary N) is 1. The number of aliphatic hydroxyl groups excluding tert-OH is 2. The first kappa shape index (κ1) is 22.0. The Morgan fingerprint density at radius 2 is 1.97 bits per heavy atom. The van der Waals surface area contributed by atoms with Gasteiger partial charge in [0.2, 0.25) is 0 Å². The lowest BCUT2D eigenvalue weighted by molar-refractivity contribution is -0.248. The summed E-state index contributed by atoms with van der Waals surface area (Å²) in [6.07, 6.45) is 9.31. The van der Waals surface area contributed by atoms with Gasteiger partial charge in [0.05, 0.1) is 28.9 Å². The lowest BCUT2D eigenvalue weighted by Gasteiger charge is -2.59. The summed E-state index contributed by atoms with van der Waals surface area (Å²) in [6, 6.07) is 6.65. The Morgan fingerprint density at radius 3 is 2.78 bits per heavy atom. The van der Waals surface area contributed by atoms with Gasteiger partial charge in [-0.25, -0.2) is 0 Å². The normalized spacial score (nSPS) is 48.2. The van der Waals surface area contributed by atoms with E-state index in [0.29, 0.717) is 11.8 Å². The molecule has 36 heavy (non-hydrogen) atoms. The van der Waals surface area contributed by atoms with Gasteiger partial charge in [0.25, 0.3) is 0 Å². The summed E-state index contributed by atoms with van der Waals surface area (Å²) >= 11 is 0. The number of aromatic amines is 1. The van der Waals surface area contributed by atoms with Gasteiger partial charge < -0.3 is 19.8 Å². The van der Waals surface area contributed by atoms with Crippen LogP contribution in [0.1, 0.15) is 56.7 Å². The van der Waals surface area contributed by atoms with Gasteiger partial charge in [-0.1, -0.05) is 31.2 Å². The zero-order valence-corrected chi connectivity index (χ0v) is 21.7. The van der Waals surface area contributed by atoms with Crippen LogP contribution in [0.25, 0.3) is 16.5 Å². The molecule has 1 aromatic heterocycles. The highest BCUT2D eigenvalue weighted by atomic mass is 16.5. The van der Waals surface area contributed by atoms with Gasteiger partial charge >= 0.3 is 0 Å². The van der Waals surface area contributed by atoms with Crippen LogP contribution in [0.5, 0.6) is 0 Å². The van der Waals surface area contributed by atoms with E-state index >= 15 is 0 Å². The Morgan fingerprint density at radius 1 is 1.14 bits per heavy atom. The zero-order chi connectivity index (χ0) is 24.8. The summed E-state index contributed by atoms with van der Waals surface area (Å²) in [5, 5.41) is 31.5. The van der Waals surface area contributed by atoms with E-state index in [0.717, 1.165) is 49.7 Å². The maximum atomic E-state index is 11.5. The molecule has 4 aliphatic carbocycles. The number of nitrogens with zero attached hydrogens (tertiary/aromatic N) is 2. The first-order valence-electron chi connectivity index (χ1n) is 13.8. The Balaban J connectivity index is 1.21. The number of aliphatic hydroxyl groups is 2. The molecule has 2 aromatic rings. The van der Waals surface area contributed by atoms with E-state index in [1.165, 1.54) is 22.1 Å². The third-order valence-electron chi connectivity index (χ3n) is 11.7. The average molecular weight is 488 g/mol. The third kappa shape index (κ3) is 2.25. The van der Waals surface area contributed by atoms with Crippen LogP contribution in [0.15, 0.2) is 35.9 Å². The highest BCUT2D eigenvalue weighted by Crippen LogP contribution is 2.81. The van der Waals surface area contributed by atoms with Crippen molar-refractivity contribution in [3.8, 4) is 0 Å². The molecule has 0 radical (unpaired) electrons. The fourth-order valence-corrected chi connectivity index (χ4v) is 9.94. The van der Waals surface area contributed by atoms with Crippen molar-refractivity contribution in [3.63, 3.8) is 0 Å². The maximum Gasteiger partial charge on any atom is 0.0961 e. The summed E-state index contributed by atoms with van der Waals surface area (Å²) in [5.41, 5.74) is 5.41. The molecule has 1 aromatic carbocycles. The molecule has 6 heteroatoms. The minimum absolute atomic E-state index is 0.0106. The number of aryl methyl sites for hydroxylation is 1. The van der Waals surface area contributed by atoms with Crippen LogP contribution in [-0.2, 0) is 4.74 Å². The summed E-state index contributed by atoms with van der Waals surface area (Å²) in [7, 11) is 4.03. The molecule has 6 nitrogen and oxygen atoms in total. The number of H-pyrrole nitrogens is 1. The summed E-state index contributed by atoms with van der Waals surface area (Å²) in [4.78, 5) is 2.08. The van der Waals surface area contributed by atoms with E-state index < -0.39 is 12.2 Å². The van der Waals surface area contributed by atoms with E-state index in [1.54, 1.807) is 0 Å². The molecule has 2 saturated heterocycles. The second kappa shape index (κ2) is 6.52. The smallest absolute Gasteiger partial charge is 0.0961 e. The summed E-state index contributed by atoms with van der Waals surface area (Å²) < 4.78 is 7.44. The highest BCUT2D eigenvalue weighted by Gasteiger charge is 2.84. The van der Waals surface area contributed by atoms with E-state index in [9.17, 15) is 10.2 Å². The number of likely N-dealkylation sites (N-methyl/N-ethyl adjacent to an activating group) is 1. The molecular formula is C30H37N3O3. The van der Waals surface area contributed by atoms with Crippen molar-refractivity contribution in [1.29, 1.82) is 0 Å². The van der Waals surface area contributed by atoms with Crippen LogP contribution < -0.4 is 0 Å². The minimum Gasteiger partial charge on any atom is -0.390 e. The Hall–Kier alpha value is -1.99. The van der Waals surface area contributed by atoms with Gasteiger partial charge in [-0.15, -0.1) is 0 Å². The van der Waals surface area contributed by atoms with E-state index in [1.807, 2.05) is 14.1 Å². The number of aromatic nitrogens is 2. The first-order valence-corrected chi connectivity index (χ1v) is 13.8. The van der Waals surface area contributed by atoms with Gasteiger partial charge in [0.15, 0.2) is 0 Å². The van der Waals surface area contributed by atoms with Crippen LogP contribution in [0.3, 0.4) is 0 Å². The average Bonchev–Trinajstić information content (AvgIpc) is 3.15. The van der Waals surface area contributed by atoms with E-state index in [4.69, 9.17) is 4.74 Å². The fourth-order valence-electron chi connectivity index (χ4n) is 9.94. The van der Waals surface area contributed by atoms with E-state index in [-0.39, 0.29) is 28.1 Å². The quantitative estimate of drug-likeness (QED) is 0.559. The van der Waals surface area contributed by atoms with Crippen LogP contribution in [0, 0.1) is 29.6 Å². The molecule has 0 amide bonds. The molecular weight excluding hydrogens is 450 g/mol. The topological polar surface area (TPSA) is 81.6 Å².